The standard InChI is InChI=1S/C13H19N3O2/c1-2-15-6-8-16(9-7-15)10-11-4-3-5-12(14-11)13(17)18/h3-5H,2,6-10H2,1H3,(H,17,18). The fourth-order valence-corrected chi connectivity index (χ4v) is 2.18. The van der Waals surface area contributed by atoms with E-state index in [1.165, 1.54) is 6.07 Å². The molecule has 0 spiro atoms. The van der Waals surface area contributed by atoms with Crippen LogP contribution in [-0.2, 0) is 6.54 Å². The molecular formula is C13H19N3O2. The molecule has 0 unspecified atom stereocenters. The van der Waals surface area contributed by atoms with Gasteiger partial charge in [0.1, 0.15) is 5.69 Å². The van der Waals surface area contributed by atoms with Crippen molar-refractivity contribution in [2.75, 3.05) is 32.7 Å². The number of aromatic carboxylic acids is 1. The lowest BCUT2D eigenvalue weighted by atomic mass is 10.2. The molecule has 5 nitrogen and oxygen atoms in total. The number of rotatable bonds is 4. The average molecular weight is 249 g/mol. The highest BCUT2D eigenvalue weighted by atomic mass is 16.4. The molecule has 0 bridgehead atoms. The van der Waals surface area contributed by atoms with Gasteiger partial charge < -0.3 is 10.0 Å². The van der Waals surface area contributed by atoms with Crippen molar-refractivity contribution in [3.05, 3.63) is 29.6 Å². The largest absolute Gasteiger partial charge is 0.477 e. The van der Waals surface area contributed by atoms with Gasteiger partial charge in [-0.25, -0.2) is 9.78 Å². The SMILES string of the molecule is CCN1CCN(Cc2cccc(C(=O)O)n2)CC1. The van der Waals surface area contributed by atoms with Gasteiger partial charge in [-0.1, -0.05) is 13.0 Å². The first-order valence-corrected chi connectivity index (χ1v) is 6.33. The second-order valence-corrected chi connectivity index (χ2v) is 4.53. The molecule has 1 aliphatic rings. The summed E-state index contributed by atoms with van der Waals surface area (Å²) in [6.45, 7) is 8.21. The molecular weight excluding hydrogens is 230 g/mol. The lowest BCUT2D eigenvalue weighted by Crippen LogP contribution is -2.45. The van der Waals surface area contributed by atoms with Crippen molar-refractivity contribution in [2.24, 2.45) is 0 Å². The van der Waals surface area contributed by atoms with Crippen molar-refractivity contribution in [1.29, 1.82) is 0 Å². The number of hydrogen-bond donors (Lipinski definition) is 1. The second kappa shape index (κ2) is 5.93. The van der Waals surface area contributed by atoms with Gasteiger partial charge in [0.25, 0.3) is 0 Å². The van der Waals surface area contributed by atoms with Gasteiger partial charge in [0.05, 0.1) is 5.69 Å². The first-order chi connectivity index (χ1) is 8.69. The van der Waals surface area contributed by atoms with Crippen molar-refractivity contribution in [3.63, 3.8) is 0 Å². The Kier molecular flexibility index (Phi) is 4.28. The van der Waals surface area contributed by atoms with Gasteiger partial charge in [0, 0.05) is 32.7 Å². The molecule has 5 heteroatoms. The molecule has 1 fully saturated rings. The topological polar surface area (TPSA) is 56.7 Å². The van der Waals surface area contributed by atoms with E-state index in [2.05, 4.69) is 21.7 Å². The lowest BCUT2D eigenvalue weighted by Gasteiger charge is -2.33. The summed E-state index contributed by atoms with van der Waals surface area (Å²) in [7, 11) is 0. The summed E-state index contributed by atoms with van der Waals surface area (Å²) in [6.07, 6.45) is 0. The summed E-state index contributed by atoms with van der Waals surface area (Å²) in [4.78, 5) is 19.7. The van der Waals surface area contributed by atoms with E-state index in [1.807, 2.05) is 6.07 Å². The van der Waals surface area contributed by atoms with Crippen molar-refractivity contribution >= 4 is 5.97 Å². The fourth-order valence-electron chi connectivity index (χ4n) is 2.18. The van der Waals surface area contributed by atoms with E-state index in [0.29, 0.717) is 0 Å². The summed E-state index contributed by atoms with van der Waals surface area (Å²) in [5.74, 6) is -0.965. The highest BCUT2D eigenvalue weighted by Gasteiger charge is 2.16. The molecule has 0 aliphatic carbocycles. The van der Waals surface area contributed by atoms with Crippen LogP contribution in [0.15, 0.2) is 18.2 Å². The number of likely N-dealkylation sites (N-methyl/N-ethyl adjacent to an activating group) is 1. The van der Waals surface area contributed by atoms with Crippen LogP contribution in [0.4, 0.5) is 0 Å². The third-order valence-corrected chi connectivity index (χ3v) is 3.32. The number of carboxylic acid groups (broad SMARTS) is 1. The molecule has 1 aliphatic heterocycles. The molecule has 1 aromatic heterocycles. The van der Waals surface area contributed by atoms with Crippen LogP contribution in [0, 0.1) is 0 Å². The van der Waals surface area contributed by atoms with Gasteiger partial charge in [-0.3, -0.25) is 4.90 Å². The van der Waals surface area contributed by atoms with E-state index in [9.17, 15) is 4.79 Å². The zero-order valence-corrected chi connectivity index (χ0v) is 10.7. The molecule has 98 valence electrons. The molecule has 18 heavy (non-hydrogen) atoms. The third-order valence-electron chi connectivity index (χ3n) is 3.32. The van der Waals surface area contributed by atoms with Gasteiger partial charge in [-0.05, 0) is 18.7 Å². The van der Waals surface area contributed by atoms with Crippen molar-refractivity contribution in [3.8, 4) is 0 Å². The third kappa shape index (κ3) is 3.27. The van der Waals surface area contributed by atoms with E-state index in [0.717, 1.165) is 45.0 Å². The maximum atomic E-state index is 10.8. The quantitative estimate of drug-likeness (QED) is 0.860. The van der Waals surface area contributed by atoms with Gasteiger partial charge >= 0.3 is 5.97 Å². The number of carbonyl (C=O) groups is 1. The van der Waals surface area contributed by atoms with E-state index < -0.39 is 5.97 Å². The number of nitrogens with zero attached hydrogens (tertiary/aromatic N) is 3. The molecule has 0 radical (unpaired) electrons. The average Bonchev–Trinajstić information content (AvgIpc) is 2.40. The number of hydrogen-bond acceptors (Lipinski definition) is 4. The fraction of sp³-hybridized carbons (Fsp3) is 0.538. The van der Waals surface area contributed by atoms with E-state index in [1.54, 1.807) is 6.07 Å². The highest BCUT2D eigenvalue weighted by Crippen LogP contribution is 2.07. The minimum atomic E-state index is -0.965. The smallest absolute Gasteiger partial charge is 0.354 e. The molecule has 0 aromatic carbocycles. The van der Waals surface area contributed by atoms with Crippen LogP contribution in [0.1, 0.15) is 23.1 Å². The van der Waals surface area contributed by atoms with Crippen LogP contribution >= 0.6 is 0 Å². The number of piperazine rings is 1. The van der Waals surface area contributed by atoms with Crippen LogP contribution in [0.3, 0.4) is 0 Å². The van der Waals surface area contributed by atoms with Gasteiger partial charge in [0.2, 0.25) is 0 Å². The summed E-state index contributed by atoms with van der Waals surface area (Å²) < 4.78 is 0. The van der Waals surface area contributed by atoms with E-state index in [-0.39, 0.29) is 5.69 Å². The van der Waals surface area contributed by atoms with Crippen LogP contribution in [0.2, 0.25) is 0 Å². The highest BCUT2D eigenvalue weighted by molar-refractivity contribution is 5.85. The minimum absolute atomic E-state index is 0.125. The Morgan fingerprint density at radius 1 is 1.28 bits per heavy atom. The zero-order valence-electron chi connectivity index (χ0n) is 10.7. The number of pyridine rings is 1. The van der Waals surface area contributed by atoms with Gasteiger partial charge in [-0.2, -0.15) is 0 Å². The Labute approximate surface area is 107 Å². The van der Waals surface area contributed by atoms with E-state index in [4.69, 9.17) is 5.11 Å². The van der Waals surface area contributed by atoms with Gasteiger partial charge in [0.15, 0.2) is 0 Å². The van der Waals surface area contributed by atoms with Crippen LogP contribution in [0.25, 0.3) is 0 Å². The molecule has 0 amide bonds. The summed E-state index contributed by atoms with van der Waals surface area (Å²) in [5, 5.41) is 8.90. The monoisotopic (exact) mass is 249 g/mol. The van der Waals surface area contributed by atoms with Crippen LogP contribution in [0.5, 0.6) is 0 Å². The molecule has 0 atom stereocenters. The lowest BCUT2D eigenvalue weighted by molar-refractivity contribution is 0.0689. The van der Waals surface area contributed by atoms with E-state index >= 15 is 0 Å². The predicted molar refractivity (Wildman–Crippen MR) is 68.6 cm³/mol. The Balaban J connectivity index is 1.94. The maximum Gasteiger partial charge on any atom is 0.354 e. The summed E-state index contributed by atoms with van der Waals surface area (Å²) >= 11 is 0. The first-order valence-electron chi connectivity index (χ1n) is 6.33. The normalized spacial score (nSPS) is 17.8. The van der Waals surface area contributed by atoms with Gasteiger partial charge in [-0.15, -0.1) is 0 Å². The molecule has 2 rings (SSSR count). The Morgan fingerprint density at radius 3 is 2.56 bits per heavy atom. The van der Waals surface area contributed by atoms with Crippen molar-refractivity contribution < 1.29 is 9.90 Å². The predicted octanol–water partition coefficient (Wildman–Crippen LogP) is 0.917. The zero-order chi connectivity index (χ0) is 13.0. The Hall–Kier alpha value is -1.46. The Bertz CT molecular complexity index is 414. The molecule has 2 heterocycles. The second-order valence-electron chi connectivity index (χ2n) is 4.53. The van der Waals surface area contributed by atoms with Crippen molar-refractivity contribution in [1.82, 2.24) is 14.8 Å². The summed E-state index contributed by atoms with van der Waals surface area (Å²) in [5.41, 5.74) is 0.958. The molecule has 1 N–H and O–H groups in total. The molecule has 1 saturated heterocycles. The molecule has 1 aromatic rings. The molecule has 0 saturated carbocycles. The Morgan fingerprint density at radius 2 is 1.94 bits per heavy atom. The maximum absolute atomic E-state index is 10.8. The summed E-state index contributed by atoms with van der Waals surface area (Å²) in [6, 6.07) is 5.17. The van der Waals surface area contributed by atoms with Crippen molar-refractivity contribution in [2.45, 2.75) is 13.5 Å². The van der Waals surface area contributed by atoms with Crippen LogP contribution < -0.4 is 0 Å². The number of aromatic nitrogens is 1. The van der Waals surface area contributed by atoms with Crippen LogP contribution in [-0.4, -0.2) is 58.6 Å². The first kappa shape index (κ1) is 13.0. The number of carboxylic acids is 1. The minimum Gasteiger partial charge on any atom is -0.477 e.